The average Bonchev–Trinajstić information content (AvgIpc) is 2.69. The second-order valence-corrected chi connectivity index (χ2v) is 6.35. The Hall–Kier alpha value is -1.75. The second kappa shape index (κ2) is 4.13. The Bertz CT molecular complexity index is 683. The van der Waals surface area contributed by atoms with Gasteiger partial charge in [0.1, 0.15) is 0 Å². The van der Waals surface area contributed by atoms with Crippen molar-refractivity contribution in [1.82, 2.24) is 4.57 Å². The van der Waals surface area contributed by atoms with E-state index in [1.54, 1.807) is 0 Å². The van der Waals surface area contributed by atoms with Crippen LogP contribution in [0, 0.1) is 16.7 Å². The van der Waals surface area contributed by atoms with Crippen LogP contribution in [-0.2, 0) is 19.4 Å². The summed E-state index contributed by atoms with van der Waals surface area (Å²) in [4.78, 5) is 0. The predicted octanol–water partition coefficient (Wildman–Crippen LogP) is 4.05. The maximum absolute atomic E-state index is 9.11. The predicted molar refractivity (Wildman–Crippen MR) is 78.1 cm³/mol. The highest BCUT2D eigenvalue weighted by Gasteiger charge is 2.29. The van der Waals surface area contributed by atoms with Crippen LogP contribution in [0.3, 0.4) is 0 Å². The van der Waals surface area contributed by atoms with Gasteiger partial charge in [-0.1, -0.05) is 13.8 Å². The molecule has 0 bridgehead atoms. The molecular weight excluding hydrogens is 232 g/mol. The molecule has 0 spiro atoms. The summed E-state index contributed by atoms with van der Waals surface area (Å²) in [6.07, 6.45) is 3.54. The van der Waals surface area contributed by atoms with Crippen LogP contribution in [0.2, 0.25) is 0 Å². The molecule has 1 aromatic heterocycles. The molecule has 1 heterocycles. The largest absolute Gasteiger partial charge is 0.345 e. The summed E-state index contributed by atoms with van der Waals surface area (Å²) in [6, 6.07) is 8.39. The van der Waals surface area contributed by atoms with E-state index in [0.29, 0.717) is 5.41 Å². The van der Waals surface area contributed by atoms with Crippen LogP contribution < -0.4 is 0 Å². The fourth-order valence-electron chi connectivity index (χ4n) is 3.41. The smallest absolute Gasteiger partial charge is 0.0991 e. The Morgan fingerprint density at radius 3 is 2.84 bits per heavy atom. The number of aromatic nitrogens is 1. The maximum atomic E-state index is 9.11. The van der Waals surface area contributed by atoms with Gasteiger partial charge in [-0.2, -0.15) is 5.26 Å². The minimum Gasteiger partial charge on any atom is -0.345 e. The van der Waals surface area contributed by atoms with Crippen molar-refractivity contribution < 1.29 is 0 Å². The fraction of sp³-hybridized carbons (Fsp3) is 0.471. The number of rotatable bonds is 1. The highest BCUT2D eigenvalue weighted by Crippen LogP contribution is 2.40. The lowest BCUT2D eigenvalue weighted by atomic mass is 9.76. The topological polar surface area (TPSA) is 28.7 Å². The van der Waals surface area contributed by atoms with Gasteiger partial charge in [-0.25, -0.2) is 0 Å². The number of nitriles is 1. The van der Waals surface area contributed by atoms with Crippen LogP contribution in [0.15, 0.2) is 18.2 Å². The molecule has 0 saturated carbocycles. The van der Waals surface area contributed by atoms with Gasteiger partial charge in [-0.05, 0) is 55.4 Å². The van der Waals surface area contributed by atoms with Crippen LogP contribution in [0.25, 0.3) is 10.9 Å². The molecule has 98 valence electrons. The molecule has 0 atom stereocenters. The second-order valence-electron chi connectivity index (χ2n) is 6.35. The van der Waals surface area contributed by atoms with E-state index in [0.717, 1.165) is 24.9 Å². The first kappa shape index (κ1) is 12.3. The lowest BCUT2D eigenvalue weighted by Gasteiger charge is -2.30. The monoisotopic (exact) mass is 252 g/mol. The molecule has 0 amide bonds. The summed E-state index contributed by atoms with van der Waals surface area (Å²) < 4.78 is 2.43. The van der Waals surface area contributed by atoms with Crippen molar-refractivity contribution in [2.24, 2.45) is 5.41 Å². The lowest BCUT2D eigenvalue weighted by molar-refractivity contribution is 0.311. The highest BCUT2D eigenvalue weighted by molar-refractivity contribution is 5.87. The van der Waals surface area contributed by atoms with Crippen molar-refractivity contribution in [3.8, 4) is 6.07 Å². The van der Waals surface area contributed by atoms with E-state index in [2.05, 4.69) is 43.5 Å². The van der Waals surface area contributed by atoms with Gasteiger partial charge in [-0.3, -0.25) is 0 Å². The highest BCUT2D eigenvalue weighted by atomic mass is 15.0. The fourth-order valence-corrected chi connectivity index (χ4v) is 3.41. The molecule has 1 aliphatic rings. The van der Waals surface area contributed by atoms with Crippen molar-refractivity contribution in [3.63, 3.8) is 0 Å². The Morgan fingerprint density at radius 2 is 2.16 bits per heavy atom. The molecule has 3 rings (SSSR count). The molecule has 1 aliphatic carbocycles. The first-order valence-electron chi connectivity index (χ1n) is 7.10. The van der Waals surface area contributed by atoms with Crippen molar-refractivity contribution in [2.75, 3.05) is 0 Å². The summed E-state index contributed by atoms with van der Waals surface area (Å²) in [5.41, 5.74) is 5.41. The number of hydrogen-bond donors (Lipinski definition) is 0. The summed E-state index contributed by atoms with van der Waals surface area (Å²) in [5.74, 6) is 0. The third kappa shape index (κ3) is 1.85. The molecule has 2 aromatic rings. The average molecular weight is 252 g/mol. The van der Waals surface area contributed by atoms with Crippen LogP contribution in [0.1, 0.15) is 44.0 Å². The maximum Gasteiger partial charge on any atom is 0.0991 e. The van der Waals surface area contributed by atoms with Crippen LogP contribution in [0.5, 0.6) is 0 Å². The molecular formula is C17H20N2. The quantitative estimate of drug-likeness (QED) is 0.752. The van der Waals surface area contributed by atoms with Gasteiger partial charge in [0.2, 0.25) is 0 Å². The molecule has 0 aliphatic heterocycles. The third-order valence-corrected chi connectivity index (χ3v) is 4.43. The molecule has 0 unspecified atom stereocenters. The van der Waals surface area contributed by atoms with E-state index in [1.165, 1.54) is 28.6 Å². The van der Waals surface area contributed by atoms with Crippen LogP contribution in [-0.4, -0.2) is 4.57 Å². The van der Waals surface area contributed by atoms with E-state index in [1.807, 2.05) is 6.07 Å². The van der Waals surface area contributed by atoms with Gasteiger partial charge in [0.25, 0.3) is 0 Å². The van der Waals surface area contributed by atoms with E-state index in [9.17, 15) is 0 Å². The number of aryl methyl sites for hydroxylation is 1. The van der Waals surface area contributed by atoms with Crippen LogP contribution in [0.4, 0.5) is 0 Å². The number of hydrogen-bond acceptors (Lipinski definition) is 1. The standard InChI is InChI=1S/C17H20N2/c1-4-19-15-6-5-12(11-18)9-13(15)14-10-17(2,3)8-7-16(14)19/h5-6,9H,4,7-8,10H2,1-3H3. The molecule has 2 heteroatoms. The first-order chi connectivity index (χ1) is 9.05. The van der Waals surface area contributed by atoms with Crippen molar-refractivity contribution in [3.05, 3.63) is 35.0 Å². The lowest BCUT2D eigenvalue weighted by Crippen LogP contribution is -2.22. The Morgan fingerprint density at radius 1 is 1.37 bits per heavy atom. The zero-order valence-corrected chi connectivity index (χ0v) is 12.0. The first-order valence-corrected chi connectivity index (χ1v) is 7.10. The van der Waals surface area contributed by atoms with Gasteiger partial charge < -0.3 is 4.57 Å². The summed E-state index contributed by atoms with van der Waals surface area (Å²) >= 11 is 0. The van der Waals surface area contributed by atoms with Gasteiger partial charge in [0, 0.05) is 23.1 Å². The Labute approximate surface area is 114 Å². The van der Waals surface area contributed by atoms with Crippen molar-refractivity contribution in [2.45, 2.75) is 46.6 Å². The van der Waals surface area contributed by atoms with Gasteiger partial charge in [0.05, 0.1) is 11.6 Å². The summed E-state index contributed by atoms with van der Waals surface area (Å²) in [6.45, 7) is 7.91. The zero-order valence-electron chi connectivity index (χ0n) is 12.0. The molecule has 0 radical (unpaired) electrons. The Balaban J connectivity index is 2.31. The molecule has 1 aromatic carbocycles. The van der Waals surface area contributed by atoms with Gasteiger partial charge in [-0.15, -0.1) is 0 Å². The minimum atomic E-state index is 0.377. The number of benzene rings is 1. The van der Waals surface area contributed by atoms with Gasteiger partial charge in [0.15, 0.2) is 0 Å². The van der Waals surface area contributed by atoms with Crippen molar-refractivity contribution in [1.29, 1.82) is 5.26 Å². The Kier molecular flexibility index (Phi) is 2.67. The van der Waals surface area contributed by atoms with E-state index < -0.39 is 0 Å². The molecule has 0 N–H and O–H groups in total. The van der Waals surface area contributed by atoms with E-state index in [4.69, 9.17) is 5.26 Å². The number of nitrogens with zero attached hydrogens (tertiary/aromatic N) is 2. The third-order valence-electron chi connectivity index (χ3n) is 4.43. The molecule has 0 saturated heterocycles. The molecule has 19 heavy (non-hydrogen) atoms. The van der Waals surface area contributed by atoms with Crippen molar-refractivity contribution >= 4 is 10.9 Å². The molecule has 0 fully saturated rings. The summed E-state index contributed by atoms with van der Waals surface area (Å²) in [5, 5.41) is 10.4. The van der Waals surface area contributed by atoms with E-state index >= 15 is 0 Å². The van der Waals surface area contributed by atoms with E-state index in [-0.39, 0.29) is 0 Å². The van der Waals surface area contributed by atoms with Crippen LogP contribution >= 0.6 is 0 Å². The summed E-state index contributed by atoms with van der Waals surface area (Å²) in [7, 11) is 0. The van der Waals surface area contributed by atoms with Gasteiger partial charge >= 0.3 is 0 Å². The molecule has 2 nitrogen and oxygen atoms in total. The SMILES string of the molecule is CCn1c2c(c3cc(C#N)ccc31)CC(C)(C)CC2. The minimum absolute atomic E-state index is 0.377. The number of fused-ring (bicyclic) bond motifs is 3. The normalized spacial score (nSPS) is 17.2. The zero-order chi connectivity index (χ0) is 13.6.